The van der Waals surface area contributed by atoms with Crippen molar-refractivity contribution in [1.29, 1.82) is 0 Å². The number of rotatable bonds is 0. The van der Waals surface area contributed by atoms with Crippen LogP contribution in [0.5, 0.6) is 0 Å². The lowest BCUT2D eigenvalue weighted by atomic mass is 10.2. The first-order valence-electron chi connectivity index (χ1n) is 4.48. The number of nitrogens with zero attached hydrogens (tertiary/aromatic N) is 2. The van der Waals surface area contributed by atoms with Gasteiger partial charge in [-0.2, -0.15) is 0 Å². The van der Waals surface area contributed by atoms with E-state index < -0.39 is 0 Å². The molecule has 0 radical (unpaired) electrons. The van der Waals surface area contributed by atoms with Crippen LogP contribution in [-0.4, -0.2) is 22.8 Å². The van der Waals surface area contributed by atoms with E-state index in [9.17, 15) is 4.79 Å². The van der Waals surface area contributed by atoms with Gasteiger partial charge in [-0.15, -0.1) is 0 Å². The van der Waals surface area contributed by atoms with E-state index in [1.165, 1.54) is 0 Å². The highest BCUT2D eigenvalue weighted by Gasteiger charge is 2.24. The summed E-state index contributed by atoms with van der Waals surface area (Å²) in [6.45, 7) is 4.65. The molecule has 13 heavy (non-hydrogen) atoms. The smallest absolute Gasteiger partial charge is 0.255 e. The van der Waals surface area contributed by atoms with Crippen molar-refractivity contribution in [2.24, 2.45) is 0 Å². The monoisotopic (exact) mass is 178 g/mol. The number of carbonyl (C=O) groups is 1. The molecule has 2 heterocycles. The SMILES string of the molecule is CC.CN1Cc2ncccc2C1=O. The molecule has 1 aromatic heterocycles. The van der Waals surface area contributed by atoms with Crippen molar-refractivity contribution in [3.63, 3.8) is 0 Å². The van der Waals surface area contributed by atoms with E-state index in [-0.39, 0.29) is 5.91 Å². The van der Waals surface area contributed by atoms with Gasteiger partial charge in [0.2, 0.25) is 0 Å². The van der Waals surface area contributed by atoms with Gasteiger partial charge in [0.15, 0.2) is 0 Å². The van der Waals surface area contributed by atoms with Gasteiger partial charge in [0, 0.05) is 13.2 Å². The van der Waals surface area contributed by atoms with E-state index in [2.05, 4.69) is 4.98 Å². The third-order valence-corrected chi connectivity index (χ3v) is 1.85. The average Bonchev–Trinajstić information content (AvgIpc) is 2.47. The first-order chi connectivity index (χ1) is 6.29. The van der Waals surface area contributed by atoms with E-state index in [1.54, 1.807) is 24.2 Å². The van der Waals surface area contributed by atoms with Gasteiger partial charge in [-0.05, 0) is 12.1 Å². The summed E-state index contributed by atoms with van der Waals surface area (Å²) in [4.78, 5) is 17.0. The second kappa shape index (κ2) is 4.03. The Bertz CT molecular complexity index is 310. The Morgan fingerprint density at radius 1 is 1.46 bits per heavy atom. The second-order valence-electron chi connectivity index (χ2n) is 2.66. The van der Waals surface area contributed by atoms with Gasteiger partial charge in [0.25, 0.3) is 5.91 Å². The maximum atomic E-state index is 11.3. The van der Waals surface area contributed by atoms with Gasteiger partial charge in [0.05, 0.1) is 17.8 Å². The maximum Gasteiger partial charge on any atom is 0.255 e. The van der Waals surface area contributed by atoms with Gasteiger partial charge >= 0.3 is 0 Å². The Morgan fingerprint density at radius 2 is 2.15 bits per heavy atom. The minimum Gasteiger partial charge on any atom is -0.336 e. The van der Waals surface area contributed by atoms with Gasteiger partial charge < -0.3 is 4.90 Å². The van der Waals surface area contributed by atoms with Crippen LogP contribution < -0.4 is 0 Å². The number of aromatic nitrogens is 1. The summed E-state index contributed by atoms with van der Waals surface area (Å²) in [5, 5.41) is 0. The fourth-order valence-electron chi connectivity index (χ4n) is 1.26. The van der Waals surface area contributed by atoms with Crippen LogP contribution in [0, 0.1) is 0 Å². The lowest BCUT2D eigenvalue weighted by Crippen LogP contribution is -2.17. The van der Waals surface area contributed by atoms with Crippen LogP contribution in [0.4, 0.5) is 0 Å². The zero-order chi connectivity index (χ0) is 9.84. The molecule has 1 aromatic rings. The highest BCUT2D eigenvalue weighted by atomic mass is 16.2. The molecule has 2 rings (SSSR count). The Kier molecular flexibility index (Phi) is 3.01. The Hall–Kier alpha value is -1.38. The molecule has 0 unspecified atom stereocenters. The zero-order valence-electron chi connectivity index (χ0n) is 8.24. The van der Waals surface area contributed by atoms with Gasteiger partial charge in [0.1, 0.15) is 0 Å². The molecule has 0 spiro atoms. The van der Waals surface area contributed by atoms with Gasteiger partial charge in [-0.25, -0.2) is 0 Å². The summed E-state index contributed by atoms with van der Waals surface area (Å²) >= 11 is 0. The van der Waals surface area contributed by atoms with E-state index in [0.29, 0.717) is 6.54 Å². The standard InChI is InChI=1S/C8H8N2O.C2H6/c1-10-5-7-6(8(10)11)3-2-4-9-7;1-2/h2-4H,5H2,1H3;1-2H3. The summed E-state index contributed by atoms with van der Waals surface area (Å²) in [6.07, 6.45) is 1.71. The number of fused-ring (bicyclic) bond motifs is 1. The van der Waals surface area contributed by atoms with Crippen molar-refractivity contribution in [3.8, 4) is 0 Å². The quantitative estimate of drug-likeness (QED) is 0.605. The Labute approximate surface area is 78.4 Å². The van der Waals surface area contributed by atoms with Crippen molar-refractivity contribution in [1.82, 2.24) is 9.88 Å². The molecule has 1 aliphatic heterocycles. The summed E-state index contributed by atoms with van der Waals surface area (Å²) in [7, 11) is 1.78. The minimum absolute atomic E-state index is 0.0769. The molecule has 70 valence electrons. The predicted molar refractivity (Wildman–Crippen MR) is 51.4 cm³/mol. The van der Waals surface area contributed by atoms with E-state index in [0.717, 1.165) is 11.3 Å². The third-order valence-electron chi connectivity index (χ3n) is 1.85. The number of hydrogen-bond donors (Lipinski definition) is 0. The maximum absolute atomic E-state index is 11.3. The number of carbonyl (C=O) groups excluding carboxylic acids is 1. The number of pyridine rings is 1. The van der Waals surface area contributed by atoms with Crippen molar-refractivity contribution in [2.75, 3.05) is 7.05 Å². The molecule has 3 nitrogen and oxygen atoms in total. The fourth-order valence-corrected chi connectivity index (χ4v) is 1.26. The topological polar surface area (TPSA) is 33.2 Å². The van der Waals surface area contributed by atoms with Gasteiger partial charge in [-0.1, -0.05) is 13.8 Å². The fraction of sp³-hybridized carbons (Fsp3) is 0.400. The molecule has 0 aromatic carbocycles. The molecular formula is C10H14N2O. The normalized spacial score (nSPS) is 13.5. The molecule has 0 saturated carbocycles. The minimum atomic E-state index is 0.0769. The molecule has 0 fully saturated rings. The molecule has 0 atom stereocenters. The lowest BCUT2D eigenvalue weighted by Gasteiger charge is -2.03. The van der Waals surface area contributed by atoms with Crippen molar-refractivity contribution >= 4 is 5.91 Å². The molecular weight excluding hydrogens is 164 g/mol. The molecule has 0 bridgehead atoms. The van der Waals surface area contributed by atoms with Crippen LogP contribution in [0.25, 0.3) is 0 Å². The zero-order valence-corrected chi connectivity index (χ0v) is 8.24. The van der Waals surface area contributed by atoms with E-state index >= 15 is 0 Å². The van der Waals surface area contributed by atoms with Crippen LogP contribution in [0.15, 0.2) is 18.3 Å². The van der Waals surface area contributed by atoms with Crippen LogP contribution in [0.2, 0.25) is 0 Å². The average molecular weight is 178 g/mol. The lowest BCUT2D eigenvalue weighted by molar-refractivity contribution is 0.0816. The highest BCUT2D eigenvalue weighted by Crippen LogP contribution is 2.17. The first-order valence-corrected chi connectivity index (χ1v) is 4.48. The third kappa shape index (κ3) is 1.69. The first kappa shape index (κ1) is 9.71. The van der Waals surface area contributed by atoms with Crippen LogP contribution >= 0.6 is 0 Å². The van der Waals surface area contributed by atoms with Crippen molar-refractivity contribution < 1.29 is 4.79 Å². The molecule has 0 N–H and O–H groups in total. The summed E-state index contributed by atoms with van der Waals surface area (Å²) in [5.41, 5.74) is 1.63. The summed E-state index contributed by atoms with van der Waals surface area (Å²) < 4.78 is 0. The highest BCUT2D eigenvalue weighted by molar-refractivity contribution is 5.97. The van der Waals surface area contributed by atoms with Crippen molar-refractivity contribution in [3.05, 3.63) is 29.6 Å². The summed E-state index contributed by atoms with van der Waals surface area (Å²) in [6, 6.07) is 3.60. The molecule has 0 saturated heterocycles. The van der Waals surface area contributed by atoms with Crippen LogP contribution in [0.3, 0.4) is 0 Å². The van der Waals surface area contributed by atoms with Gasteiger partial charge in [-0.3, -0.25) is 9.78 Å². The summed E-state index contributed by atoms with van der Waals surface area (Å²) in [5.74, 6) is 0.0769. The molecule has 0 aliphatic carbocycles. The van der Waals surface area contributed by atoms with E-state index in [1.807, 2.05) is 19.9 Å². The van der Waals surface area contributed by atoms with Crippen LogP contribution in [0.1, 0.15) is 29.9 Å². The number of amides is 1. The predicted octanol–water partition coefficient (Wildman–Crippen LogP) is 1.69. The molecule has 1 aliphatic rings. The Morgan fingerprint density at radius 3 is 2.77 bits per heavy atom. The molecule has 1 amide bonds. The largest absolute Gasteiger partial charge is 0.336 e. The number of hydrogen-bond acceptors (Lipinski definition) is 2. The molecule has 3 heteroatoms. The second-order valence-corrected chi connectivity index (χ2v) is 2.66. The van der Waals surface area contributed by atoms with Crippen molar-refractivity contribution in [2.45, 2.75) is 20.4 Å². The Balaban J connectivity index is 0.000000396. The van der Waals surface area contributed by atoms with Crippen LogP contribution in [-0.2, 0) is 6.54 Å². The van der Waals surface area contributed by atoms with E-state index in [4.69, 9.17) is 0 Å².